The molecular weight excluding hydrogens is 311 g/mol. The van der Waals surface area contributed by atoms with Crippen LogP contribution < -0.4 is 0 Å². The van der Waals surface area contributed by atoms with E-state index in [-0.39, 0.29) is 11.8 Å². The number of hydrogen-bond acceptors (Lipinski definition) is 5. The summed E-state index contributed by atoms with van der Waals surface area (Å²) in [4.78, 5) is 16.3. The molecule has 1 fully saturated rings. The molecule has 0 bridgehead atoms. The molecule has 0 spiro atoms. The molecule has 2 heterocycles. The molecule has 128 valence electrons. The van der Waals surface area contributed by atoms with Gasteiger partial charge in [0.2, 0.25) is 11.8 Å². The van der Waals surface area contributed by atoms with Crippen LogP contribution in [0.1, 0.15) is 41.9 Å². The standard InChI is InChI=1S/C17H21FN4O2/c1-12(2)16-20-19-15(24-16)11-21-6-8-22(9-7-21)17(23)13-4-3-5-14(18)10-13/h3-5,10,12H,6-9,11H2,1-2H3. The van der Waals surface area contributed by atoms with Crippen LogP contribution in [0.4, 0.5) is 4.39 Å². The Balaban J connectivity index is 1.54. The van der Waals surface area contributed by atoms with Gasteiger partial charge in [0.1, 0.15) is 5.82 Å². The third kappa shape index (κ3) is 3.79. The van der Waals surface area contributed by atoms with E-state index in [2.05, 4.69) is 15.1 Å². The highest BCUT2D eigenvalue weighted by atomic mass is 19.1. The van der Waals surface area contributed by atoms with Gasteiger partial charge in [-0.1, -0.05) is 19.9 Å². The van der Waals surface area contributed by atoms with Gasteiger partial charge in [0.15, 0.2) is 0 Å². The second-order valence-corrected chi connectivity index (χ2v) is 6.27. The first-order chi connectivity index (χ1) is 11.5. The molecule has 0 aliphatic carbocycles. The second kappa shape index (κ2) is 7.09. The minimum absolute atomic E-state index is 0.131. The summed E-state index contributed by atoms with van der Waals surface area (Å²) >= 11 is 0. The van der Waals surface area contributed by atoms with E-state index in [1.807, 2.05) is 13.8 Å². The SMILES string of the molecule is CC(C)c1nnc(CN2CCN(C(=O)c3cccc(F)c3)CC2)o1. The zero-order chi connectivity index (χ0) is 17.1. The molecule has 2 aromatic rings. The molecular formula is C17H21FN4O2. The Morgan fingerprint density at radius 3 is 2.62 bits per heavy atom. The Bertz CT molecular complexity index is 708. The number of piperazine rings is 1. The van der Waals surface area contributed by atoms with Gasteiger partial charge in [-0.2, -0.15) is 0 Å². The first kappa shape index (κ1) is 16.6. The Labute approximate surface area is 140 Å². The molecule has 24 heavy (non-hydrogen) atoms. The predicted octanol–water partition coefficient (Wildman–Crippen LogP) is 2.29. The van der Waals surface area contributed by atoms with E-state index < -0.39 is 5.82 Å². The molecule has 3 rings (SSSR count). The van der Waals surface area contributed by atoms with Gasteiger partial charge in [0.25, 0.3) is 5.91 Å². The Hall–Kier alpha value is -2.28. The van der Waals surface area contributed by atoms with Gasteiger partial charge in [-0.05, 0) is 18.2 Å². The number of nitrogens with zero attached hydrogens (tertiary/aromatic N) is 4. The highest BCUT2D eigenvalue weighted by molar-refractivity contribution is 5.94. The summed E-state index contributed by atoms with van der Waals surface area (Å²) in [5, 5.41) is 8.09. The summed E-state index contributed by atoms with van der Waals surface area (Å²) in [7, 11) is 0. The van der Waals surface area contributed by atoms with E-state index in [1.54, 1.807) is 17.0 Å². The molecule has 0 radical (unpaired) electrons. The minimum Gasteiger partial charge on any atom is -0.424 e. The summed E-state index contributed by atoms with van der Waals surface area (Å²) in [5.74, 6) is 0.936. The molecule has 1 amide bonds. The van der Waals surface area contributed by atoms with Gasteiger partial charge in [0.05, 0.1) is 6.54 Å². The van der Waals surface area contributed by atoms with Crippen molar-refractivity contribution in [3.63, 3.8) is 0 Å². The van der Waals surface area contributed by atoms with Crippen LogP contribution in [0, 0.1) is 5.82 Å². The number of carbonyl (C=O) groups excluding carboxylic acids is 1. The van der Waals surface area contributed by atoms with Gasteiger partial charge < -0.3 is 9.32 Å². The smallest absolute Gasteiger partial charge is 0.254 e. The van der Waals surface area contributed by atoms with Crippen molar-refractivity contribution in [2.75, 3.05) is 26.2 Å². The fraction of sp³-hybridized carbons (Fsp3) is 0.471. The largest absolute Gasteiger partial charge is 0.424 e. The Morgan fingerprint density at radius 1 is 1.25 bits per heavy atom. The van der Waals surface area contributed by atoms with Crippen LogP contribution in [-0.2, 0) is 6.54 Å². The van der Waals surface area contributed by atoms with Crippen molar-refractivity contribution >= 4 is 5.91 Å². The monoisotopic (exact) mass is 332 g/mol. The van der Waals surface area contributed by atoms with Crippen molar-refractivity contribution in [2.45, 2.75) is 26.3 Å². The molecule has 1 aromatic heterocycles. The van der Waals surface area contributed by atoms with Crippen LogP contribution in [0.2, 0.25) is 0 Å². The molecule has 1 saturated heterocycles. The van der Waals surface area contributed by atoms with Crippen LogP contribution in [-0.4, -0.2) is 52.1 Å². The molecule has 7 heteroatoms. The topological polar surface area (TPSA) is 62.5 Å². The van der Waals surface area contributed by atoms with E-state index >= 15 is 0 Å². The first-order valence-electron chi connectivity index (χ1n) is 8.12. The Morgan fingerprint density at radius 2 is 2.00 bits per heavy atom. The zero-order valence-corrected chi connectivity index (χ0v) is 13.9. The van der Waals surface area contributed by atoms with Crippen LogP contribution in [0.3, 0.4) is 0 Å². The highest BCUT2D eigenvalue weighted by Crippen LogP contribution is 2.15. The number of rotatable bonds is 4. The summed E-state index contributed by atoms with van der Waals surface area (Å²) in [5.41, 5.74) is 0.391. The molecule has 1 aromatic carbocycles. The second-order valence-electron chi connectivity index (χ2n) is 6.27. The molecule has 0 saturated carbocycles. The average Bonchev–Trinajstić information content (AvgIpc) is 3.04. The number of halogens is 1. The van der Waals surface area contributed by atoms with Crippen molar-refractivity contribution < 1.29 is 13.6 Å². The summed E-state index contributed by atoms with van der Waals surface area (Å²) < 4.78 is 18.9. The lowest BCUT2D eigenvalue weighted by atomic mass is 10.1. The Kier molecular flexibility index (Phi) is 4.89. The third-order valence-electron chi connectivity index (χ3n) is 4.07. The maximum absolute atomic E-state index is 13.3. The summed E-state index contributed by atoms with van der Waals surface area (Å²) in [6, 6.07) is 5.81. The van der Waals surface area contributed by atoms with Gasteiger partial charge in [0, 0.05) is 37.7 Å². The minimum atomic E-state index is -0.392. The highest BCUT2D eigenvalue weighted by Gasteiger charge is 2.23. The lowest BCUT2D eigenvalue weighted by Crippen LogP contribution is -2.48. The van der Waals surface area contributed by atoms with E-state index in [0.29, 0.717) is 37.0 Å². The van der Waals surface area contributed by atoms with Gasteiger partial charge in [-0.15, -0.1) is 10.2 Å². The van der Waals surface area contributed by atoms with E-state index in [9.17, 15) is 9.18 Å². The van der Waals surface area contributed by atoms with Crippen LogP contribution in [0.5, 0.6) is 0 Å². The zero-order valence-electron chi connectivity index (χ0n) is 13.9. The van der Waals surface area contributed by atoms with Crippen molar-refractivity contribution in [2.24, 2.45) is 0 Å². The van der Waals surface area contributed by atoms with Crippen molar-refractivity contribution in [1.29, 1.82) is 0 Å². The van der Waals surface area contributed by atoms with E-state index in [0.717, 1.165) is 13.1 Å². The third-order valence-corrected chi connectivity index (χ3v) is 4.07. The molecule has 1 aliphatic heterocycles. The quantitative estimate of drug-likeness (QED) is 0.860. The van der Waals surface area contributed by atoms with Gasteiger partial charge in [-0.25, -0.2) is 4.39 Å². The van der Waals surface area contributed by atoms with Crippen LogP contribution in [0.25, 0.3) is 0 Å². The molecule has 1 aliphatic rings. The number of hydrogen-bond donors (Lipinski definition) is 0. The van der Waals surface area contributed by atoms with Gasteiger partial charge >= 0.3 is 0 Å². The fourth-order valence-corrected chi connectivity index (χ4v) is 2.67. The number of amides is 1. The number of benzene rings is 1. The normalized spacial score (nSPS) is 15.9. The van der Waals surface area contributed by atoms with Gasteiger partial charge in [-0.3, -0.25) is 9.69 Å². The number of aromatic nitrogens is 2. The molecule has 6 nitrogen and oxygen atoms in total. The maximum Gasteiger partial charge on any atom is 0.254 e. The average molecular weight is 332 g/mol. The fourth-order valence-electron chi connectivity index (χ4n) is 2.67. The van der Waals surface area contributed by atoms with Crippen molar-refractivity contribution in [1.82, 2.24) is 20.0 Å². The molecule has 0 N–H and O–H groups in total. The number of carbonyl (C=O) groups is 1. The van der Waals surface area contributed by atoms with E-state index in [4.69, 9.17) is 4.42 Å². The lowest BCUT2D eigenvalue weighted by molar-refractivity contribution is 0.0617. The molecule has 0 atom stereocenters. The van der Waals surface area contributed by atoms with E-state index in [1.165, 1.54) is 12.1 Å². The molecule has 0 unspecified atom stereocenters. The lowest BCUT2D eigenvalue weighted by Gasteiger charge is -2.34. The maximum atomic E-state index is 13.3. The summed E-state index contributed by atoms with van der Waals surface area (Å²) in [6.07, 6.45) is 0. The van der Waals surface area contributed by atoms with Crippen molar-refractivity contribution in [3.8, 4) is 0 Å². The van der Waals surface area contributed by atoms with Crippen LogP contribution >= 0.6 is 0 Å². The van der Waals surface area contributed by atoms with Crippen molar-refractivity contribution in [3.05, 3.63) is 47.4 Å². The predicted molar refractivity (Wildman–Crippen MR) is 86.0 cm³/mol. The first-order valence-corrected chi connectivity index (χ1v) is 8.12. The van der Waals surface area contributed by atoms with Crippen LogP contribution in [0.15, 0.2) is 28.7 Å². The summed E-state index contributed by atoms with van der Waals surface area (Å²) in [6.45, 7) is 7.24.